The second-order valence-electron chi connectivity index (χ2n) is 6.54. The van der Waals surface area contributed by atoms with E-state index < -0.39 is 16.0 Å². The number of aryl methyl sites for hydroxylation is 1. The number of fused-ring (bicyclic) bond motifs is 1. The Morgan fingerprint density at radius 1 is 1.27 bits per heavy atom. The third kappa shape index (κ3) is 3.51. The Balaban J connectivity index is 1.79. The van der Waals surface area contributed by atoms with Gasteiger partial charge in [-0.15, -0.1) is 22.7 Å². The van der Waals surface area contributed by atoms with Gasteiger partial charge in [-0.05, 0) is 43.0 Å². The molecule has 3 heterocycles. The highest BCUT2D eigenvalue weighted by atomic mass is 32.2. The number of thiophene rings is 1. The lowest BCUT2D eigenvalue weighted by molar-refractivity contribution is 0.0520. The highest BCUT2D eigenvalue weighted by Gasteiger charge is 2.25. The molecule has 0 unspecified atom stereocenters. The van der Waals surface area contributed by atoms with Gasteiger partial charge in [0, 0.05) is 17.8 Å². The summed E-state index contributed by atoms with van der Waals surface area (Å²) in [6.07, 6.45) is 0. The number of esters is 1. The molecule has 0 amide bonds. The van der Waals surface area contributed by atoms with Crippen LogP contribution >= 0.6 is 22.7 Å². The molecule has 1 N–H and O–H groups in total. The van der Waals surface area contributed by atoms with Crippen LogP contribution in [0.15, 0.2) is 45.3 Å². The van der Waals surface area contributed by atoms with Crippen molar-refractivity contribution < 1.29 is 17.9 Å². The monoisotopic (exact) mass is 461 g/mol. The second kappa shape index (κ2) is 7.86. The van der Waals surface area contributed by atoms with Crippen LogP contribution in [0, 0.1) is 6.92 Å². The van der Waals surface area contributed by atoms with Gasteiger partial charge in [0.1, 0.15) is 9.22 Å². The largest absolute Gasteiger partial charge is 0.461 e. The van der Waals surface area contributed by atoms with Crippen molar-refractivity contribution in [2.45, 2.75) is 18.1 Å². The van der Waals surface area contributed by atoms with E-state index in [9.17, 15) is 13.2 Å². The molecular formula is C20H19N3O4S3. The minimum atomic E-state index is -3.66. The fourth-order valence-corrected chi connectivity index (χ4v) is 6.22. The predicted octanol–water partition coefficient (Wildman–Crippen LogP) is 4.66. The molecule has 0 bridgehead atoms. The van der Waals surface area contributed by atoms with Crippen molar-refractivity contribution in [1.29, 1.82) is 0 Å². The first-order valence-corrected chi connectivity index (χ1v) is 12.3. The lowest BCUT2D eigenvalue weighted by Crippen LogP contribution is -2.26. The number of nitrogens with zero attached hydrogens (tertiary/aromatic N) is 2. The average molecular weight is 462 g/mol. The number of aromatic nitrogens is 2. The molecule has 0 radical (unpaired) electrons. The van der Waals surface area contributed by atoms with Gasteiger partial charge in [-0.2, -0.15) is 0 Å². The van der Waals surface area contributed by atoms with Gasteiger partial charge in [0.2, 0.25) is 0 Å². The van der Waals surface area contributed by atoms with Crippen LogP contribution in [0.1, 0.15) is 23.0 Å². The third-order valence-electron chi connectivity index (χ3n) is 4.66. The molecule has 0 saturated heterocycles. The Morgan fingerprint density at radius 3 is 2.77 bits per heavy atom. The number of aromatic amines is 1. The number of hydrogen-bond acceptors (Lipinski definition) is 7. The fraction of sp³-hybridized carbons (Fsp3) is 0.200. The number of H-pyrrole nitrogens is 1. The van der Waals surface area contributed by atoms with Gasteiger partial charge < -0.3 is 9.72 Å². The van der Waals surface area contributed by atoms with Crippen LogP contribution in [0.25, 0.3) is 21.6 Å². The minimum absolute atomic E-state index is 0.254. The van der Waals surface area contributed by atoms with Crippen molar-refractivity contribution in [2.75, 3.05) is 18.0 Å². The molecule has 0 fully saturated rings. The van der Waals surface area contributed by atoms with Crippen molar-refractivity contribution in [3.05, 3.63) is 52.3 Å². The van der Waals surface area contributed by atoms with Gasteiger partial charge in [0.05, 0.1) is 23.5 Å². The van der Waals surface area contributed by atoms with Gasteiger partial charge in [-0.25, -0.2) is 18.2 Å². The predicted molar refractivity (Wildman–Crippen MR) is 120 cm³/mol. The Morgan fingerprint density at radius 2 is 2.07 bits per heavy atom. The Hall–Kier alpha value is -2.69. The van der Waals surface area contributed by atoms with Gasteiger partial charge in [-0.3, -0.25) is 4.31 Å². The topological polar surface area (TPSA) is 92.4 Å². The Labute approximate surface area is 182 Å². The van der Waals surface area contributed by atoms with E-state index in [4.69, 9.17) is 4.74 Å². The molecule has 7 nitrogen and oxygen atoms in total. The number of ether oxygens (including phenoxy) is 1. The van der Waals surface area contributed by atoms with E-state index in [1.165, 1.54) is 27.0 Å². The summed E-state index contributed by atoms with van der Waals surface area (Å²) in [6, 6.07) is 8.91. The van der Waals surface area contributed by atoms with Crippen molar-refractivity contribution in [3.63, 3.8) is 0 Å². The van der Waals surface area contributed by atoms with E-state index in [1.807, 2.05) is 19.1 Å². The normalized spacial score (nSPS) is 11.7. The first kappa shape index (κ1) is 20.6. The zero-order valence-corrected chi connectivity index (χ0v) is 19.0. The number of thiazole rings is 1. The minimum Gasteiger partial charge on any atom is -0.461 e. The summed E-state index contributed by atoms with van der Waals surface area (Å²) < 4.78 is 32.6. The zero-order chi connectivity index (χ0) is 21.5. The van der Waals surface area contributed by atoms with Crippen molar-refractivity contribution in [3.8, 4) is 10.7 Å². The molecule has 156 valence electrons. The Kier molecular flexibility index (Phi) is 5.39. The molecule has 30 heavy (non-hydrogen) atoms. The smallest absolute Gasteiger partial charge is 0.357 e. The van der Waals surface area contributed by atoms with Crippen LogP contribution < -0.4 is 4.31 Å². The molecule has 3 aromatic heterocycles. The van der Waals surface area contributed by atoms with Crippen LogP contribution in [0.2, 0.25) is 0 Å². The number of carbonyl (C=O) groups is 1. The highest BCUT2D eigenvalue weighted by Crippen LogP contribution is 2.36. The van der Waals surface area contributed by atoms with Crippen molar-refractivity contribution in [1.82, 2.24) is 9.97 Å². The maximum absolute atomic E-state index is 13.0. The summed E-state index contributed by atoms with van der Waals surface area (Å²) in [4.78, 5) is 19.6. The number of rotatable bonds is 6. The lowest BCUT2D eigenvalue weighted by atomic mass is 10.1. The summed E-state index contributed by atoms with van der Waals surface area (Å²) >= 11 is 2.50. The van der Waals surface area contributed by atoms with E-state index in [2.05, 4.69) is 9.97 Å². The average Bonchev–Trinajstić information content (AvgIpc) is 3.48. The van der Waals surface area contributed by atoms with E-state index in [1.54, 1.807) is 42.9 Å². The maximum Gasteiger partial charge on any atom is 0.357 e. The number of carbonyl (C=O) groups excluding carboxylic acids is 1. The van der Waals surface area contributed by atoms with E-state index in [-0.39, 0.29) is 16.5 Å². The standard InChI is InChI=1S/C20H19N3O4S3/c1-4-27-20(24)15-11-29-19(22-15)14-10-13-12(2)7-8-16(18(13)21-14)23(3)30(25,26)17-6-5-9-28-17/h5-11,21H,4H2,1-3H3. The number of anilines is 1. The first-order chi connectivity index (χ1) is 14.3. The molecule has 0 spiro atoms. The molecule has 10 heteroatoms. The van der Waals surface area contributed by atoms with Crippen LogP contribution in [-0.2, 0) is 14.8 Å². The molecule has 0 atom stereocenters. The van der Waals surface area contributed by atoms with Crippen LogP contribution in [0.4, 0.5) is 5.69 Å². The molecule has 4 aromatic rings. The SMILES string of the molecule is CCOC(=O)c1csc(-c2cc3c(C)ccc(N(C)S(=O)(=O)c4cccs4)c3[nH]2)n1. The number of nitrogens with one attached hydrogen (secondary N) is 1. The number of sulfonamides is 1. The molecule has 0 aliphatic carbocycles. The maximum atomic E-state index is 13.0. The summed E-state index contributed by atoms with van der Waals surface area (Å²) in [5.74, 6) is -0.463. The summed E-state index contributed by atoms with van der Waals surface area (Å²) in [5, 5.41) is 4.91. The van der Waals surface area contributed by atoms with Gasteiger partial charge in [-0.1, -0.05) is 12.1 Å². The molecule has 0 aliphatic heterocycles. The third-order valence-corrected chi connectivity index (χ3v) is 8.68. The van der Waals surface area contributed by atoms with Gasteiger partial charge in [0.15, 0.2) is 5.69 Å². The quantitative estimate of drug-likeness (QED) is 0.422. The summed E-state index contributed by atoms with van der Waals surface area (Å²) in [5.41, 5.74) is 3.20. The summed E-state index contributed by atoms with van der Waals surface area (Å²) in [7, 11) is -2.12. The molecule has 1 aromatic carbocycles. The molecular weight excluding hydrogens is 442 g/mol. The molecule has 4 rings (SSSR count). The number of benzene rings is 1. The summed E-state index contributed by atoms with van der Waals surface area (Å²) in [6.45, 7) is 3.99. The van der Waals surface area contributed by atoms with E-state index in [0.717, 1.165) is 10.9 Å². The van der Waals surface area contributed by atoms with E-state index in [0.29, 0.717) is 21.9 Å². The Bertz CT molecular complexity index is 1320. The highest BCUT2D eigenvalue weighted by molar-refractivity contribution is 7.94. The molecule has 0 aliphatic rings. The first-order valence-electron chi connectivity index (χ1n) is 9.10. The molecule has 0 saturated carbocycles. The van der Waals surface area contributed by atoms with E-state index >= 15 is 0 Å². The van der Waals surface area contributed by atoms with Crippen LogP contribution in [-0.4, -0.2) is 38.0 Å². The van der Waals surface area contributed by atoms with Crippen molar-refractivity contribution >= 4 is 55.3 Å². The fourth-order valence-electron chi connectivity index (χ4n) is 3.09. The number of hydrogen-bond donors (Lipinski definition) is 1. The van der Waals surface area contributed by atoms with Gasteiger partial charge in [0.25, 0.3) is 10.0 Å². The van der Waals surface area contributed by atoms with Gasteiger partial charge >= 0.3 is 5.97 Å². The van der Waals surface area contributed by atoms with Crippen LogP contribution in [0.3, 0.4) is 0 Å². The second-order valence-corrected chi connectivity index (χ2v) is 10.5. The van der Waals surface area contributed by atoms with Crippen LogP contribution in [0.5, 0.6) is 0 Å². The van der Waals surface area contributed by atoms with Crippen molar-refractivity contribution in [2.24, 2.45) is 0 Å². The zero-order valence-electron chi connectivity index (χ0n) is 16.5. The lowest BCUT2D eigenvalue weighted by Gasteiger charge is -2.19.